The first kappa shape index (κ1) is 18.8. The Hall–Kier alpha value is -1.93. The Kier molecular flexibility index (Phi) is 5.34. The number of aryl methyl sites for hydroxylation is 1. The molecule has 2 aliphatic rings. The molecular formula is C18H25N3O4S. The lowest BCUT2D eigenvalue weighted by Crippen LogP contribution is -2.54. The number of rotatable bonds is 3. The highest BCUT2D eigenvalue weighted by molar-refractivity contribution is 7.88. The molecular weight excluding hydrogens is 354 g/mol. The molecule has 0 radical (unpaired) electrons. The Balaban J connectivity index is 1.79. The van der Waals surface area contributed by atoms with Crippen LogP contribution >= 0.6 is 0 Å². The molecule has 0 bridgehead atoms. The van der Waals surface area contributed by atoms with Gasteiger partial charge < -0.3 is 10.2 Å². The minimum Gasteiger partial charge on any atom is -0.352 e. The fraction of sp³-hybridized carbons (Fsp3) is 0.556. The number of piperazine rings is 1. The monoisotopic (exact) mass is 379 g/mol. The number of carbonyl (C=O) groups is 2. The summed E-state index contributed by atoms with van der Waals surface area (Å²) >= 11 is 0. The summed E-state index contributed by atoms with van der Waals surface area (Å²) < 4.78 is 24.7. The molecule has 2 fully saturated rings. The normalized spacial score (nSPS) is 22.9. The largest absolute Gasteiger partial charge is 0.352 e. The molecule has 142 valence electrons. The fourth-order valence-electron chi connectivity index (χ4n) is 3.78. The average molecular weight is 379 g/mol. The van der Waals surface area contributed by atoms with Gasteiger partial charge in [0.05, 0.1) is 6.26 Å². The van der Waals surface area contributed by atoms with Crippen LogP contribution in [-0.2, 0) is 19.6 Å². The van der Waals surface area contributed by atoms with E-state index in [1.807, 2.05) is 31.2 Å². The van der Waals surface area contributed by atoms with Crippen LogP contribution in [-0.4, -0.2) is 61.9 Å². The Bertz CT molecular complexity index is 800. The van der Waals surface area contributed by atoms with Crippen LogP contribution in [0.4, 0.5) is 0 Å². The number of hydrogen-bond donors (Lipinski definition) is 1. The lowest BCUT2D eigenvalue weighted by Gasteiger charge is -2.39. The van der Waals surface area contributed by atoms with E-state index in [0.717, 1.165) is 11.1 Å². The summed E-state index contributed by atoms with van der Waals surface area (Å²) in [5, 5.41) is 2.85. The third-order valence-electron chi connectivity index (χ3n) is 5.25. The molecule has 3 rings (SSSR count). The molecule has 2 heterocycles. The van der Waals surface area contributed by atoms with Gasteiger partial charge in [-0.15, -0.1) is 0 Å². The van der Waals surface area contributed by atoms with Gasteiger partial charge in [-0.3, -0.25) is 9.59 Å². The van der Waals surface area contributed by atoms with Crippen molar-refractivity contribution in [3.05, 3.63) is 35.4 Å². The number of nitrogens with zero attached hydrogens (tertiary/aromatic N) is 2. The summed E-state index contributed by atoms with van der Waals surface area (Å²) in [4.78, 5) is 27.3. The summed E-state index contributed by atoms with van der Waals surface area (Å²) in [5.74, 6) is -0.459. The van der Waals surface area contributed by atoms with Crippen molar-refractivity contribution >= 4 is 21.8 Å². The van der Waals surface area contributed by atoms with Crippen LogP contribution in [0.1, 0.15) is 30.0 Å². The van der Waals surface area contributed by atoms with Gasteiger partial charge >= 0.3 is 0 Å². The van der Waals surface area contributed by atoms with Crippen molar-refractivity contribution in [3.8, 4) is 0 Å². The van der Waals surface area contributed by atoms with E-state index in [0.29, 0.717) is 39.0 Å². The highest BCUT2D eigenvalue weighted by Crippen LogP contribution is 2.30. The Labute approximate surface area is 154 Å². The van der Waals surface area contributed by atoms with Gasteiger partial charge in [-0.25, -0.2) is 12.7 Å². The van der Waals surface area contributed by atoms with Gasteiger partial charge in [0.2, 0.25) is 21.8 Å². The third kappa shape index (κ3) is 3.76. The summed E-state index contributed by atoms with van der Waals surface area (Å²) in [6.07, 6.45) is 2.17. The standard InChI is InChI=1S/C18H25N3O4S/c1-13-5-3-4-6-15(13)16-17(22)19-9-12-21(16)18(23)14-7-10-20(11-8-14)26(2,24)25/h3-6,14,16H,7-12H2,1-2H3,(H,19,22). The zero-order valence-corrected chi connectivity index (χ0v) is 16.0. The summed E-state index contributed by atoms with van der Waals surface area (Å²) in [6, 6.07) is 6.98. The molecule has 0 spiro atoms. The molecule has 26 heavy (non-hydrogen) atoms. The minimum absolute atomic E-state index is 0.0544. The molecule has 8 heteroatoms. The highest BCUT2D eigenvalue weighted by Gasteiger charge is 2.39. The second-order valence-electron chi connectivity index (χ2n) is 7.02. The molecule has 7 nitrogen and oxygen atoms in total. The number of amides is 2. The molecule has 1 aromatic rings. The average Bonchev–Trinajstić information content (AvgIpc) is 2.61. The predicted octanol–water partition coefficient (Wildman–Crippen LogP) is 0.666. The molecule has 2 aliphatic heterocycles. The van der Waals surface area contributed by atoms with Gasteiger partial charge in [-0.1, -0.05) is 24.3 Å². The van der Waals surface area contributed by atoms with Gasteiger partial charge in [-0.2, -0.15) is 0 Å². The van der Waals surface area contributed by atoms with Crippen LogP contribution in [0.5, 0.6) is 0 Å². The Morgan fingerprint density at radius 2 is 1.81 bits per heavy atom. The van der Waals surface area contributed by atoms with Crippen LogP contribution in [0.25, 0.3) is 0 Å². The third-order valence-corrected chi connectivity index (χ3v) is 6.55. The first-order valence-electron chi connectivity index (χ1n) is 8.88. The Morgan fingerprint density at radius 3 is 2.42 bits per heavy atom. The van der Waals surface area contributed by atoms with E-state index in [-0.39, 0.29) is 17.7 Å². The van der Waals surface area contributed by atoms with E-state index in [2.05, 4.69) is 5.32 Å². The minimum atomic E-state index is -3.22. The maximum Gasteiger partial charge on any atom is 0.247 e. The smallest absolute Gasteiger partial charge is 0.247 e. The van der Waals surface area contributed by atoms with Crippen molar-refractivity contribution in [2.24, 2.45) is 5.92 Å². The van der Waals surface area contributed by atoms with Gasteiger partial charge in [0.15, 0.2) is 0 Å². The molecule has 0 aliphatic carbocycles. The predicted molar refractivity (Wildman–Crippen MR) is 97.8 cm³/mol. The molecule has 1 atom stereocenters. The Morgan fingerprint density at radius 1 is 1.15 bits per heavy atom. The topological polar surface area (TPSA) is 86.8 Å². The van der Waals surface area contributed by atoms with Crippen molar-refractivity contribution in [3.63, 3.8) is 0 Å². The number of hydrogen-bond acceptors (Lipinski definition) is 4. The van der Waals surface area contributed by atoms with Gasteiger partial charge in [0.1, 0.15) is 6.04 Å². The molecule has 2 saturated heterocycles. The SMILES string of the molecule is Cc1ccccc1C1C(=O)NCCN1C(=O)C1CCN(S(C)(=O)=O)CC1. The van der Waals surface area contributed by atoms with Crippen molar-refractivity contribution in [1.82, 2.24) is 14.5 Å². The molecule has 0 saturated carbocycles. The number of nitrogens with one attached hydrogen (secondary N) is 1. The van der Waals surface area contributed by atoms with E-state index in [1.54, 1.807) is 4.90 Å². The second kappa shape index (κ2) is 7.36. The van der Waals surface area contributed by atoms with E-state index >= 15 is 0 Å². The fourth-order valence-corrected chi connectivity index (χ4v) is 4.65. The van der Waals surface area contributed by atoms with Crippen molar-refractivity contribution < 1.29 is 18.0 Å². The van der Waals surface area contributed by atoms with Gasteiger partial charge in [0.25, 0.3) is 0 Å². The maximum atomic E-state index is 13.1. The zero-order chi connectivity index (χ0) is 18.9. The van der Waals surface area contributed by atoms with Crippen LogP contribution in [0, 0.1) is 12.8 Å². The van der Waals surface area contributed by atoms with Crippen molar-refractivity contribution in [1.29, 1.82) is 0 Å². The number of piperidine rings is 1. The molecule has 2 amide bonds. The lowest BCUT2D eigenvalue weighted by molar-refractivity contribution is -0.147. The molecule has 1 aromatic carbocycles. The first-order chi connectivity index (χ1) is 12.3. The second-order valence-corrected chi connectivity index (χ2v) is 9.00. The van der Waals surface area contributed by atoms with Gasteiger partial charge in [-0.05, 0) is 30.9 Å². The molecule has 0 aromatic heterocycles. The number of sulfonamides is 1. The zero-order valence-electron chi connectivity index (χ0n) is 15.1. The van der Waals surface area contributed by atoms with E-state index in [1.165, 1.54) is 10.6 Å². The molecule has 1 N–H and O–H groups in total. The van der Waals surface area contributed by atoms with Gasteiger partial charge in [0, 0.05) is 32.1 Å². The number of benzene rings is 1. The summed E-state index contributed by atoms with van der Waals surface area (Å²) in [6.45, 7) is 3.55. The van der Waals surface area contributed by atoms with Crippen molar-refractivity contribution in [2.45, 2.75) is 25.8 Å². The highest BCUT2D eigenvalue weighted by atomic mass is 32.2. The van der Waals surface area contributed by atoms with E-state index in [9.17, 15) is 18.0 Å². The summed E-state index contributed by atoms with van der Waals surface area (Å²) in [5.41, 5.74) is 1.81. The van der Waals surface area contributed by atoms with E-state index < -0.39 is 16.1 Å². The quantitative estimate of drug-likeness (QED) is 0.836. The van der Waals surface area contributed by atoms with Crippen molar-refractivity contribution in [2.75, 3.05) is 32.4 Å². The summed E-state index contributed by atoms with van der Waals surface area (Å²) in [7, 11) is -3.22. The van der Waals surface area contributed by atoms with Crippen LogP contribution in [0.3, 0.4) is 0 Å². The first-order valence-corrected chi connectivity index (χ1v) is 10.7. The van der Waals surface area contributed by atoms with Crippen LogP contribution in [0.2, 0.25) is 0 Å². The van der Waals surface area contributed by atoms with Crippen LogP contribution < -0.4 is 5.32 Å². The number of carbonyl (C=O) groups excluding carboxylic acids is 2. The molecule has 1 unspecified atom stereocenters. The van der Waals surface area contributed by atoms with Crippen LogP contribution in [0.15, 0.2) is 24.3 Å². The van der Waals surface area contributed by atoms with E-state index in [4.69, 9.17) is 0 Å². The lowest BCUT2D eigenvalue weighted by atomic mass is 9.92. The maximum absolute atomic E-state index is 13.1.